The van der Waals surface area contributed by atoms with E-state index in [2.05, 4.69) is 15.8 Å². The second kappa shape index (κ2) is 3.73. The SMILES string of the molecule is O=C(O)/C=C/C1NNC2C=NC=CC21. The molecule has 74 valence electrons. The Hall–Kier alpha value is -1.46. The van der Waals surface area contributed by atoms with E-state index in [4.69, 9.17) is 5.11 Å². The number of nitrogens with zero attached hydrogens (tertiary/aromatic N) is 1. The molecule has 2 aliphatic heterocycles. The molecule has 3 atom stereocenters. The third-order valence-corrected chi connectivity index (χ3v) is 2.33. The highest BCUT2D eigenvalue weighted by atomic mass is 16.4. The number of carbonyl (C=O) groups is 1. The van der Waals surface area contributed by atoms with Crippen LogP contribution in [0.2, 0.25) is 0 Å². The molecule has 3 N–H and O–H groups in total. The third kappa shape index (κ3) is 1.73. The van der Waals surface area contributed by atoms with Gasteiger partial charge in [-0.3, -0.25) is 4.99 Å². The van der Waals surface area contributed by atoms with E-state index in [1.165, 1.54) is 0 Å². The van der Waals surface area contributed by atoms with Gasteiger partial charge in [-0.1, -0.05) is 12.2 Å². The van der Waals surface area contributed by atoms with E-state index < -0.39 is 5.97 Å². The number of aliphatic carboxylic acids is 1. The van der Waals surface area contributed by atoms with Gasteiger partial charge < -0.3 is 5.11 Å². The van der Waals surface area contributed by atoms with E-state index in [1.807, 2.05) is 12.3 Å². The number of rotatable bonds is 2. The predicted octanol–water partition coefficient (Wildman–Crippen LogP) is -0.313. The van der Waals surface area contributed by atoms with Crippen molar-refractivity contribution in [3.8, 4) is 0 Å². The largest absolute Gasteiger partial charge is 0.478 e. The van der Waals surface area contributed by atoms with Crippen LogP contribution in [0.5, 0.6) is 0 Å². The summed E-state index contributed by atoms with van der Waals surface area (Å²) >= 11 is 0. The molecule has 5 nitrogen and oxygen atoms in total. The van der Waals surface area contributed by atoms with Crippen LogP contribution in [0.1, 0.15) is 0 Å². The van der Waals surface area contributed by atoms with Gasteiger partial charge in [0.2, 0.25) is 0 Å². The van der Waals surface area contributed by atoms with Crippen molar-refractivity contribution in [1.82, 2.24) is 10.9 Å². The van der Waals surface area contributed by atoms with Crippen LogP contribution in [0, 0.1) is 5.92 Å². The van der Waals surface area contributed by atoms with Crippen molar-refractivity contribution in [3.63, 3.8) is 0 Å². The van der Waals surface area contributed by atoms with Crippen LogP contribution in [-0.2, 0) is 4.79 Å². The summed E-state index contributed by atoms with van der Waals surface area (Å²) < 4.78 is 0. The first-order valence-electron chi connectivity index (χ1n) is 4.39. The van der Waals surface area contributed by atoms with Crippen molar-refractivity contribution >= 4 is 12.2 Å². The van der Waals surface area contributed by atoms with Gasteiger partial charge in [0.15, 0.2) is 0 Å². The summed E-state index contributed by atoms with van der Waals surface area (Å²) in [5.41, 5.74) is 6.05. The van der Waals surface area contributed by atoms with Crippen molar-refractivity contribution in [2.75, 3.05) is 0 Å². The summed E-state index contributed by atoms with van der Waals surface area (Å²) in [6.07, 6.45) is 8.31. The average Bonchev–Trinajstić information content (AvgIpc) is 2.58. The standard InChI is InChI=1S/C9H11N3O2/c13-9(14)2-1-7-6-3-4-10-5-8(6)12-11-7/h1-8,11-12H,(H,13,14)/b2-1+. The second-order valence-electron chi connectivity index (χ2n) is 3.25. The van der Waals surface area contributed by atoms with Gasteiger partial charge in [0, 0.05) is 30.5 Å². The summed E-state index contributed by atoms with van der Waals surface area (Å²) in [4.78, 5) is 14.3. The molecule has 0 aromatic carbocycles. The fourth-order valence-corrected chi connectivity index (χ4v) is 1.64. The van der Waals surface area contributed by atoms with Crippen molar-refractivity contribution in [3.05, 3.63) is 24.4 Å². The smallest absolute Gasteiger partial charge is 0.328 e. The summed E-state index contributed by atoms with van der Waals surface area (Å²) in [6, 6.07) is 0.169. The van der Waals surface area contributed by atoms with E-state index in [0.29, 0.717) is 0 Å². The molecule has 0 saturated carbocycles. The highest BCUT2D eigenvalue weighted by Crippen LogP contribution is 2.19. The van der Waals surface area contributed by atoms with Crippen molar-refractivity contribution in [2.24, 2.45) is 10.9 Å². The first-order valence-corrected chi connectivity index (χ1v) is 4.39. The first kappa shape index (κ1) is 9.11. The number of nitrogens with one attached hydrogen (secondary N) is 2. The van der Waals surface area contributed by atoms with Crippen molar-refractivity contribution < 1.29 is 9.90 Å². The molecule has 14 heavy (non-hydrogen) atoms. The number of carboxylic acids is 1. The minimum atomic E-state index is -0.927. The molecule has 2 heterocycles. The van der Waals surface area contributed by atoms with Crippen LogP contribution in [0.25, 0.3) is 0 Å². The fraction of sp³-hybridized carbons (Fsp3) is 0.333. The highest BCUT2D eigenvalue weighted by molar-refractivity contribution is 5.80. The monoisotopic (exact) mass is 193 g/mol. The molecule has 2 rings (SSSR count). The zero-order valence-corrected chi connectivity index (χ0v) is 7.42. The molecule has 0 radical (unpaired) electrons. The molecule has 0 aliphatic carbocycles. The number of aliphatic imine (C=N–C) groups is 1. The third-order valence-electron chi connectivity index (χ3n) is 2.33. The average molecular weight is 193 g/mol. The Kier molecular flexibility index (Phi) is 2.43. The van der Waals surface area contributed by atoms with Crippen molar-refractivity contribution in [2.45, 2.75) is 12.1 Å². The number of hydrazine groups is 1. The molecule has 0 spiro atoms. The lowest BCUT2D eigenvalue weighted by atomic mass is 9.93. The molecule has 0 bridgehead atoms. The van der Waals surface area contributed by atoms with Gasteiger partial charge in [-0.05, 0) is 0 Å². The zero-order valence-electron chi connectivity index (χ0n) is 7.42. The topological polar surface area (TPSA) is 73.7 Å². The Morgan fingerprint density at radius 3 is 3.14 bits per heavy atom. The molecule has 3 unspecified atom stereocenters. The molecule has 1 fully saturated rings. The van der Waals surface area contributed by atoms with E-state index in [1.54, 1.807) is 12.3 Å². The molecule has 0 aromatic rings. The lowest BCUT2D eigenvalue weighted by molar-refractivity contribution is -0.131. The Balaban J connectivity index is 2.05. The number of carboxylic acid groups (broad SMARTS) is 1. The first-order chi connectivity index (χ1) is 6.77. The molecule has 2 aliphatic rings. The predicted molar refractivity (Wildman–Crippen MR) is 51.7 cm³/mol. The Morgan fingerprint density at radius 1 is 1.50 bits per heavy atom. The van der Waals surface area contributed by atoms with E-state index in [9.17, 15) is 4.79 Å². The summed E-state index contributed by atoms with van der Waals surface area (Å²) in [5, 5.41) is 8.49. The summed E-state index contributed by atoms with van der Waals surface area (Å²) in [6.45, 7) is 0. The maximum Gasteiger partial charge on any atom is 0.328 e. The Morgan fingerprint density at radius 2 is 2.36 bits per heavy atom. The second-order valence-corrected chi connectivity index (χ2v) is 3.25. The van der Waals surface area contributed by atoms with Crippen LogP contribution in [0.3, 0.4) is 0 Å². The lowest BCUT2D eigenvalue weighted by Gasteiger charge is -2.15. The highest BCUT2D eigenvalue weighted by Gasteiger charge is 2.32. The van der Waals surface area contributed by atoms with E-state index in [-0.39, 0.29) is 18.0 Å². The van der Waals surface area contributed by atoms with Crippen LogP contribution in [0.15, 0.2) is 29.4 Å². The van der Waals surface area contributed by atoms with Gasteiger partial charge in [0.1, 0.15) is 0 Å². The van der Waals surface area contributed by atoms with Gasteiger partial charge in [-0.2, -0.15) is 0 Å². The quantitative estimate of drug-likeness (QED) is 0.526. The van der Waals surface area contributed by atoms with Crippen LogP contribution < -0.4 is 10.9 Å². The number of hydrogen-bond donors (Lipinski definition) is 3. The fourth-order valence-electron chi connectivity index (χ4n) is 1.64. The zero-order chi connectivity index (χ0) is 9.97. The van der Waals surface area contributed by atoms with E-state index >= 15 is 0 Å². The van der Waals surface area contributed by atoms with Gasteiger partial charge in [0.05, 0.1) is 6.04 Å². The van der Waals surface area contributed by atoms with Crippen LogP contribution in [-0.4, -0.2) is 29.4 Å². The van der Waals surface area contributed by atoms with Crippen molar-refractivity contribution in [1.29, 1.82) is 0 Å². The normalized spacial score (nSPS) is 35.0. The van der Waals surface area contributed by atoms with Gasteiger partial charge in [0.25, 0.3) is 0 Å². The minimum Gasteiger partial charge on any atom is -0.478 e. The number of hydrogen-bond acceptors (Lipinski definition) is 4. The van der Waals surface area contributed by atoms with Gasteiger partial charge in [-0.25, -0.2) is 15.6 Å². The van der Waals surface area contributed by atoms with Gasteiger partial charge in [-0.15, -0.1) is 0 Å². The maximum absolute atomic E-state index is 10.3. The number of fused-ring (bicyclic) bond motifs is 1. The molecule has 0 amide bonds. The Labute approximate surface area is 81.2 Å². The van der Waals surface area contributed by atoms with Crippen LogP contribution >= 0.6 is 0 Å². The Bertz CT molecular complexity index is 322. The lowest BCUT2D eigenvalue weighted by Crippen LogP contribution is -2.33. The van der Waals surface area contributed by atoms with E-state index in [0.717, 1.165) is 6.08 Å². The maximum atomic E-state index is 10.3. The molecule has 5 heteroatoms. The molecule has 1 saturated heterocycles. The molecule has 0 aromatic heterocycles. The van der Waals surface area contributed by atoms with Gasteiger partial charge >= 0.3 is 5.97 Å². The van der Waals surface area contributed by atoms with Crippen LogP contribution in [0.4, 0.5) is 0 Å². The minimum absolute atomic E-state index is 0.0131. The molecular weight excluding hydrogens is 182 g/mol. The summed E-state index contributed by atoms with van der Waals surface area (Å²) in [5.74, 6) is -0.688. The summed E-state index contributed by atoms with van der Waals surface area (Å²) in [7, 11) is 0. The molecular formula is C9H11N3O2.